The standard InChI is InChI=1S/C10H16N4O2.ClH/c1-7-12-9(16-13-7)6-14-5-3-2-4-8(11)10(14)15;/h8H,2-6,11H2,1H3;1H. The number of halogens is 1. The van der Waals surface area contributed by atoms with Crippen molar-refractivity contribution in [2.75, 3.05) is 6.54 Å². The van der Waals surface area contributed by atoms with E-state index in [0.717, 1.165) is 19.3 Å². The van der Waals surface area contributed by atoms with Crippen molar-refractivity contribution in [1.82, 2.24) is 15.0 Å². The van der Waals surface area contributed by atoms with Gasteiger partial charge in [-0.25, -0.2) is 0 Å². The lowest BCUT2D eigenvalue weighted by atomic mass is 10.1. The number of amides is 1. The van der Waals surface area contributed by atoms with Crippen LogP contribution in [0.3, 0.4) is 0 Å². The van der Waals surface area contributed by atoms with E-state index < -0.39 is 0 Å². The highest BCUT2D eigenvalue weighted by Crippen LogP contribution is 2.13. The van der Waals surface area contributed by atoms with Crippen LogP contribution in [-0.4, -0.2) is 33.5 Å². The monoisotopic (exact) mass is 260 g/mol. The normalized spacial score (nSPS) is 20.9. The summed E-state index contributed by atoms with van der Waals surface area (Å²) in [5.41, 5.74) is 5.77. The molecule has 6 nitrogen and oxygen atoms in total. The summed E-state index contributed by atoms with van der Waals surface area (Å²) in [6.45, 7) is 2.84. The van der Waals surface area contributed by atoms with Crippen LogP contribution in [-0.2, 0) is 11.3 Å². The zero-order chi connectivity index (χ0) is 11.5. The molecule has 1 saturated heterocycles. The fourth-order valence-electron chi connectivity index (χ4n) is 1.86. The first-order chi connectivity index (χ1) is 7.66. The zero-order valence-electron chi connectivity index (χ0n) is 9.76. The van der Waals surface area contributed by atoms with Gasteiger partial charge in [0.05, 0.1) is 6.04 Å². The number of nitrogens with two attached hydrogens (primary N) is 1. The van der Waals surface area contributed by atoms with Gasteiger partial charge in [0, 0.05) is 6.54 Å². The lowest BCUT2D eigenvalue weighted by Crippen LogP contribution is -2.41. The summed E-state index contributed by atoms with van der Waals surface area (Å²) in [6, 6.07) is -0.383. The van der Waals surface area contributed by atoms with Crippen molar-refractivity contribution in [1.29, 1.82) is 0 Å². The van der Waals surface area contributed by atoms with Gasteiger partial charge < -0.3 is 15.2 Å². The highest BCUT2D eigenvalue weighted by atomic mass is 35.5. The summed E-state index contributed by atoms with van der Waals surface area (Å²) >= 11 is 0. The van der Waals surface area contributed by atoms with E-state index in [1.54, 1.807) is 11.8 Å². The van der Waals surface area contributed by atoms with Gasteiger partial charge in [0.25, 0.3) is 0 Å². The van der Waals surface area contributed by atoms with Crippen LogP contribution < -0.4 is 5.73 Å². The summed E-state index contributed by atoms with van der Waals surface area (Å²) in [7, 11) is 0. The molecule has 0 spiro atoms. The van der Waals surface area contributed by atoms with Gasteiger partial charge in [-0.05, 0) is 26.2 Å². The number of rotatable bonds is 2. The Morgan fingerprint density at radius 2 is 2.29 bits per heavy atom. The minimum atomic E-state index is -0.383. The van der Waals surface area contributed by atoms with Crippen LogP contribution in [0, 0.1) is 6.92 Å². The molecule has 1 aromatic rings. The van der Waals surface area contributed by atoms with Crippen molar-refractivity contribution >= 4 is 18.3 Å². The van der Waals surface area contributed by atoms with E-state index in [1.807, 2.05) is 0 Å². The van der Waals surface area contributed by atoms with Gasteiger partial charge in [-0.3, -0.25) is 4.79 Å². The molecule has 1 amide bonds. The molecule has 0 radical (unpaired) electrons. The maximum Gasteiger partial charge on any atom is 0.246 e. The predicted molar refractivity (Wildman–Crippen MR) is 63.5 cm³/mol. The average Bonchev–Trinajstić information content (AvgIpc) is 2.60. The van der Waals surface area contributed by atoms with Crippen molar-refractivity contribution in [2.24, 2.45) is 5.73 Å². The molecular weight excluding hydrogens is 244 g/mol. The molecular formula is C10H17ClN4O2. The molecule has 96 valence electrons. The molecule has 0 saturated carbocycles. The van der Waals surface area contributed by atoms with E-state index in [9.17, 15) is 4.79 Å². The molecule has 0 aromatic carbocycles. The molecule has 1 aliphatic heterocycles. The molecule has 2 rings (SSSR count). The second-order valence-corrected chi connectivity index (χ2v) is 4.10. The van der Waals surface area contributed by atoms with E-state index in [-0.39, 0.29) is 24.4 Å². The first-order valence-electron chi connectivity index (χ1n) is 5.50. The average molecular weight is 261 g/mol. The smallest absolute Gasteiger partial charge is 0.246 e. The third-order valence-electron chi connectivity index (χ3n) is 2.72. The Kier molecular flexibility index (Phi) is 4.89. The number of aromatic nitrogens is 2. The lowest BCUT2D eigenvalue weighted by Gasteiger charge is -2.20. The van der Waals surface area contributed by atoms with Gasteiger partial charge in [0.15, 0.2) is 5.82 Å². The molecule has 1 unspecified atom stereocenters. The molecule has 2 heterocycles. The molecule has 1 aromatic heterocycles. The summed E-state index contributed by atoms with van der Waals surface area (Å²) in [5.74, 6) is 1.04. The molecule has 7 heteroatoms. The summed E-state index contributed by atoms with van der Waals surface area (Å²) in [5, 5.41) is 3.69. The lowest BCUT2D eigenvalue weighted by molar-refractivity contribution is -0.133. The van der Waals surface area contributed by atoms with Crippen molar-refractivity contribution in [3.05, 3.63) is 11.7 Å². The predicted octanol–water partition coefficient (Wildman–Crippen LogP) is 0.640. The number of carbonyl (C=O) groups is 1. The van der Waals surface area contributed by atoms with Crippen LogP contribution in [0.1, 0.15) is 31.0 Å². The van der Waals surface area contributed by atoms with Crippen LogP contribution in [0.4, 0.5) is 0 Å². The fourth-order valence-corrected chi connectivity index (χ4v) is 1.86. The number of aryl methyl sites for hydroxylation is 1. The Bertz CT molecular complexity index is 382. The fraction of sp³-hybridized carbons (Fsp3) is 0.700. The SMILES string of the molecule is Cc1noc(CN2CCCCC(N)C2=O)n1.Cl. The molecule has 1 aliphatic rings. The van der Waals surface area contributed by atoms with Crippen molar-refractivity contribution < 1.29 is 9.32 Å². The largest absolute Gasteiger partial charge is 0.337 e. The second kappa shape index (κ2) is 5.97. The molecule has 1 fully saturated rings. The Morgan fingerprint density at radius 3 is 2.94 bits per heavy atom. The summed E-state index contributed by atoms with van der Waals surface area (Å²) in [4.78, 5) is 17.6. The van der Waals surface area contributed by atoms with Gasteiger partial charge in [-0.2, -0.15) is 4.98 Å². The number of hydrogen-bond acceptors (Lipinski definition) is 5. The third-order valence-corrected chi connectivity index (χ3v) is 2.72. The van der Waals surface area contributed by atoms with Gasteiger partial charge >= 0.3 is 0 Å². The molecule has 2 N–H and O–H groups in total. The van der Waals surface area contributed by atoms with Crippen LogP contribution in [0.5, 0.6) is 0 Å². The van der Waals surface area contributed by atoms with Crippen LogP contribution in [0.25, 0.3) is 0 Å². The molecule has 1 atom stereocenters. The van der Waals surface area contributed by atoms with E-state index in [1.165, 1.54) is 0 Å². The second-order valence-electron chi connectivity index (χ2n) is 4.10. The van der Waals surface area contributed by atoms with Gasteiger partial charge in [-0.15, -0.1) is 12.4 Å². The quantitative estimate of drug-likeness (QED) is 0.843. The number of hydrogen-bond donors (Lipinski definition) is 1. The van der Waals surface area contributed by atoms with Crippen molar-refractivity contribution in [3.8, 4) is 0 Å². The first kappa shape index (κ1) is 13.9. The summed E-state index contributed by atoms with van der Waals surface area (Å²) in [6.07, 6.45) is 2.73. The van der Waals surface area contributed by atoms with Crippen LogP contribution in [0.2, 0.25) is 0 Å². The molecule has 0 bridgehead atoms. The van der Waals surface area contributed by atoms with Crippen LogP contribution >= 0.6 is 12.4 Å². The van der Waals surface area contributed by atoms with Gasteiger partial charge in [0.1, 0.15) is 6.54 Å². The number of carbonyl (C=O) groups excluding carboxylic acids is 1. The minimum absolute atomic E-state index is 0. The molecule has 0 aliphatic carbocycles. The Balaban J connectivity index is 0.00000144. The first-order valence-corrected chi connectivity index (χ1v) is 5.50. The third kappa shape index (κ3) is 3.41. The van der Waals surface area contributed by atoms with Crippen molar-refractivity contribution in [3.63, 3.8) is 0 Å². The van der Waals surface area contributed by atoms with Gasteiger partial charge in [0.2, 0.25) is 11.8 Å². The Labute approximate surface area is 106 Å². The highest BCUT2D eigenvalue weighted by molar-refractivity contribution is 5.85. The van der Waals surface area contributed by atoms with Crippen molar-refractivity contribution in [2.45, 2.75) is 38.8 Å². The number of nitrogens with zero attached hydrogens (tertiary/aromatic N) is 3. The Hall–Kier alpha value is -1.14. The topological polar surface area (TPSA) is 85.3 Å². The zero-order valence-corrected chi connectivity index (χ0v) is 10.6. The van der Waals surface area contributed by atoms with E-state index in [2.05, 4.69) is 10.1 Å². The van der Waals surface area contributed by atoms with Crippen LogP contribution in [0.15, 0.2) is 4.52 Å². The maximum atomic E-state index is 11.9. The van der Waals surface area contributed by atoms with E-state index in [0.29, 0.717) is 24.8 Å². The number of likely N-dealkylation sites (tertiary alicyclic amines) is 1. The maximum absolute atomic E-state index is 11.9. The van der Waals surface area contributed by atoms with E-state index in [4.69, 9.17) is 10.3 Å². The van der Waals surface area contributed by atoms with Gasteiger partial charge in [-0.1, -0.05) is 5.16 Å². The van der Waals surface area contributed by atoms with E-state index >= 15 is 0 Å². The molecule has 17 heavy (non-hydrogen) atoms. The minimum Gasteiger partial charge on any atom is -0.337 e. The summed E-state index contributed by atoms with van der Waals surface area (Å²) < 4.78 is 5.00. The highest BCUT2D eigenvalue weighted by Gasteiger charge is 2.25. The Morgan fingerprint density at radius 1 is 1.53 bits per heavy atom.